The predicted molar refractivity (Wildman–Crippen MR) is 103 cm³/mol. The molecule has 0 fully saturated rings. The van der Waals surface area contributed by atoms with Gasteiger partial charge in [0, 0.05) is 6.54 Å². The second kappa shape index (κ2) is 6.63. The highest BCUT2D eigenvalue weighted by Crippen LogP contribution is 2.44. The molecule has 1 amide bonds. The van der Waals surface area contributed by atoms with Gasteiger partial charge in [-0.1, -0.05) is 11.6 Å². The molecule has 0 spiro atoms. The number of hydrogen-bond acceptors (Lipinski definition) is 3. The van der Waals surface area contributed by atoms with Crippen LogP contribution in [0.5, 0.6) is 0 Å². The molecule has 29 heavy (non-hydrogen) atoms. The maximum atomic E-state index is 13.0. The Balaban J connectivity index is 1.76. The smallest absolute Gasteiger partial charge is 0.311 e. The first-order valence-electron chi connectivity index (χ1n) is 8.87. The van der Waals surface area contributed by atoms with Crippen LogP contribution in [-0.4, -0.2) is 20.9 Å². The zero-order valence-electron chi connectivity index (χ0n) is 15.2. The molecule has 0 bridgehead atoms. The Labute approximate surface area is 170 Å². The van der Waals surface area contributed by atoms with Crippen molar-refractivity contribution >= 4 is 38.9 Å². The molecule has 0 unspecified atom stereocenters. The second-order valence-corrected chi connectivity index (χ2v) is 9.22. The van der Waals surface area contributed by atoms with Crippen molar-refractivity contribution in [2.75, 3.05) is 16.2 Å². The lowest BCUT2D eigenvalue weighted by Gasteiger charge is -2.26. The van der Waals surface area contributed by atoms with Crippen LogP contribution < -0.4 is 9.62 Å². The van der Waals surface area contributed by atoms with Gasteiger partial charge < -0.3 is 4.90 Å². The standard InChI is InChI=1S/C19H16ClF3N2O3S/c1-10-14-9-13(7-11-3-2-6-25(17(11)14)18(10)26)29(27,28)24-16-8-12(19(21,22)23)4-5-15(16)20/h4-5,7-10,24H,2-3,6H2,1H3/t10-/m1/s1. The number of hydrogen-bond donors (Lipinski definition) is 1. The monoisotopic (exact) mass is 444 g/mol. The van der Waals surface area contributed by atoms with Crippen molar-refractivity contribution in [2.24, 2.45) is 0 Å². The number of anilines is 2. The molecular formula is C19H16ClF3N2O3S. The molecular weight excluding hydrogens is 429 g/mol. The van der Waals surface area contributed by atoms with Gasteiger partial charge in [-0.25, -0.2) is 8.42 Å². The quantitative estimate of drug-likeness (QED) is 0.755. The third-order valence-electron chi connectivity index (χ3n) is 5.24. The fourth-order valence-electron chi connectivity index (χ4n) is 3.80. The number of amides is 1. The maximum Gasteiger partial charge on any atom is 0.416 e. The number of rotatable bonds is 3. The topological polar surface area (TPSA) is 66.5 Å². The SMILES string of the molecule is C[C@H]1C(=O)N2CCCc3cc(S(=O)(=O)Nc4cc(C(F)(F)F)ccc4Cl)cc1c32. The summed E-state index contributed by atoms with van der Waals surface area (Å²) in [6, 6.07) is 5.32. The highest BCUT2D eigenvalue weighted by Gasteiger charge is 2.39. The summed E-state index contributed by atoms with van der Waals surface area (Å²) in [5, 5.41) is -0.154. The van der Waals surface area contributed by atoms with E-state index in [1.54, 1.807) is 11.8 Å². The summed E-state index contributed by atoms with van der Waals surface area (Å²) in [5.41, 5.74) is 0.731. The zero-order valence-corrected chi connectivity index (χ0v) is 16.7. The van der Waals surface area contributed by atoms with Crippen molar-refractivity contribution < 1.29 is 26.4 Å². The minimum absolute atomic E-state index is 0.0793. The fraction of sp³-hybridized carbons (Fsp3) is 0.316. The van der Waals surface area contributed by atoms with Crippen LogP contribution in [0.4, 0.5) is 24.5 Å². The molecule has 154 valence electrons. The average molecular weight is 445 g/mol. The summed E-state index contributed by atoms with van der Waals surface area (Å²) < 4.78 is 66.9. The fourth-order valence-corrected chi connectivity index (χ4v) is 5.18. The molecule has 2 aliphatic rings. The second-order valence-electron chi connectivity index (χ2n) is 7.13. The number of carbonyl (C=O) groups is 1. The van der Waals surface area contributed by atoms with Crippen LogP contribution >= 0.6 is 11.6 Å². The number of halogens is 4. The summed E-state index contributed by atoms with van der Waals surface area (Å²) >= 11 is 5.92. The number of nitrogens with zero attached hydrogens (tertiary/aromatic N) is 1. The number of sulfonamides is 1. The lowest BCUT2D eigenvalue weighted by atomic mass is 9.97. The third kappa shape index (κ3) is 3.36. The Hall–Kier alpha value is -2.26. The van der Waals surface area contributed by atoms with Gasteiger partial charge in [-0.15, -0.1) is 0 Å². The molecule has 0 saturated heterocycles. The molecule has 5 nitrogen and oxygen atoms in total. The molecule has 10 heteroatoms. The molecule has 0 radical (unpaired) electrons. The maximum absolute atomic E-state index is 13.0. The van der Waals surface area contributed by atoms with Gasteiger partial charge in [0.05, 0.1) is 32.8 Å². The Morgan fingerprint density at radius 3 is 2.62 bits per heavy atom. The van der Waals surface area contributed by atoms with E-state index in [-0.39, 0.29) is 21.5 Å². The van der Waals surface area contributed by atoms with Crippen LogP contribution in [-0.2, 0) is 27.4 Å². The van der Waals surface area contributed by atoms with E-state index < -0.39 is 27.7 Å². The number of alkyl halides is 3. The third-order valence-corrected chi connectivity index (χ3v) is 6.92. The van der Waals surface area contributed by atoms with Gasteiger partial charge in [-0.05, 0) is 61.2 Å². The molecule has 2 aliphatic heterocycles. The van der Waals surface area contributed by atoms with Crippen molar-refractivity contribution in [3.63, 3.8) is 0 Å². The summed E-state index contributed by atoms with van der Waals surface area (Å²) in [7, 11) is -4.22. The Kier molecular flexibility index (Phi) is 4.58. The van der Waals surface area contributed by atoms with Crippen LogP contribution in [0.25, 0.3) is 0 Å². The molecule has 2 aromatic rings. The van der Waals surface area contributed by atoms with Crippen molar-refractivity contribution in [1.82, 2.24) is 0 Å². The predicted octanol–water partition coefficient (Wildman–Crippen LogP) is 4.56. The van der Waals surface area contributed by atoms with Gasteiger partial charge in [0.1, 0.15) is 0 Å². The first kappa shape index (κ1) is 20.0. The minimum atomic E-state index is -4.64. The van der Waals surface area contributed by atoms with E-state index in [1.807, 2.05) is 0 Å². The van der Waals surface area contributed by atoms with Crippen molar-refractivity contribution in [2.45, 2.75) is 36.8 Å². The zero-order chi connectivity index (χ0) is 21.1. The first-order valence-corrected chi connectivity index (χ1v) is 10.7. The highest BCUT2D eigenvalue weighted by molar-refractivity contribution is 7.92. The molecule has 2 aromatic carbocycles. The van der Waals surface area contributed by atoms with Crippen molar-refractivity contribution in [1.29, 1.82) is 0 Å². The molecule has 4 rings (SSSR count). The van der Waals surface area contributed by atoms with Crippen LogP contribution in [0.2, 0.25) is 5.02 Å². The number of nitrogens with one attached hydrogen (secondary N) is 1. The van der Waals surface area contributed by atoms with E-state index >= 15 is 0 Å². The number of aryl methyl sites for hydroxylation is 1. The van der Waals surface area contributed by atoms with Gasteiger partial charge in [-0.3, -0.25) is 9.52 Å². The average Bonchev–Trinajstić information content (AvgIpc) is 2.89. The lowest BCUT2D eigenvalue weighted by molar-refractivity contribution is -0.137. The normalized spacial score (nSPS) is 18.7. The van der Waals surface area contributed by atoms with Crippen LogP contribution in [0.3, 0.4) is 0 Å². The molecule has 2 heterocycles. The molecule has 1 N–H and O–H groups in total. The Morgan fingerprint density at radius 1 is 1.21 bits per heavy atom. The van der Waals surface area contributed by atoms with Crippen LogP contribution in [0, 0.1) is 0 Å². The number of carbonyl (C=O) groups excluding carboxylic acids is 1. The highest BCUT2D eigenvalue weighted by atomic mass is 35.5. The summed E-state index contributed by atoms with van der Waals surface area (Å²) in [6.07, 6.45) is -3.31. The molecule has 0 aromatic heterocycles. The number of benzene rings is 2. The van der Waals surface area contributed by atoms with Crippen molar-refractivity contribution in [3.8, 4) is 0 Å². The van der Waals surface area contributed by atoms with E-state index in [1.165, 1.54) is 12.1 Å². The van der Waals surface area contributed by atoms with Gasteiger partial charge in [0.25, 0.3) is 10.0 Å². The Bertz CT molecular complexity index is 1130. The largest absolute Gasteiger partial charge is 0.416 e. The van der Waals surface area contributed by atoms with Gasteiger partial charge in [0.2, 0.25) is 5.91 Å². The van der Waals surface area contributed by atoms with Gasteiger partial charge >= 0.3 is 6.18 Å². The molecule has 0 aliphatic carbocycles. The van der Waals surface area contributed by atoms with E-state index in [4.69, 9.17) is 11.6 Å². The van der Waals surface area contributed by atoms with Crippen molar-refractivity contribution in [3.05, 3.63) is 52.0 Å². The van der Waals surface area contributed by atoms with E-state index in [2.05, 4.69) is 4.72 Å². The van der Waals surface area contributed by atoms with Gasteiger partial charge in [0.15, 0.2) is 0 Å². The molecule has 1 atom stereocenters. The summed E-state index contributed by atoms with van der Waals surface area (Å²) in [5.74, 6) is -0.557. The summed E-state index contributed by atoms with van der Waals surface area (Å²) in [6.45, 7) is 2.30. The van der Waals surface area contributed by atoms with E-state index in [0.29, 0.717) is 31.0 Å². The molecule has 0 saturated carbocycles. The summed E-state index contributed by atoms with van der Waals surface area (Å²) in [4.78, 5) is 14.0. The van der Waals surface area contributed by atoms with E-state index in [9.17, 15) is 26.4 Å². The first-order chi connectivity index (χ1) is 13.5. The van der Waals surface area contributed by atoms with Crippen LogP contribution in [0.15, 0.2) is 35.2 Å². The minimum Gasteiger partial charge on any atom is -0.311 e. The van der Waals surface area contributed by atoms with Crippen LogP contribution in [0.1, 0.15) is 36.0 Å². The lowest BCUT2D eigenvalue weighted by Crippen LogP contribution is -2.32. The Morgan fingerprint density at radius 2 is 1.93 bits per heavy atom. The van der Waals surface area contributed by atoms with Gasteiger partial charge in [-0.2, -0.15) is 13.2 Å². The van der Waals surface area contributed by atoms with E-state index in [0.717, 1.165) is 23.4 Å².